The highest BCUT2D eigenvalue weighted by Crippen LogP contribution is 2.35. The Bertz CT molecular complexity index is 746. The number of aromatic hydroxyl groups is 1. The molecule has 5 heteroatoms. The van der Waals surface area contributed by atoms with Crippen molar-refractivity contribution in [2.75, 3.05) is 31.1 Å². The number of phenols is 1. The van der Waals surface area contributed by atoms with Gasteiger partial charge in [-0.2, -0.15) is 0 Å². The maximum absolute atomic E-state index is 10.2. The molecule has 0 spiro atoms. The summed E-state index contributed by atoms with van der Waals surface area (Å²) in [4.78, 5) is 4.96. The van der Waals surface area contributed by atoms with Gasteiger partial charge in [-0.05, 0) is 68.6 Å². The summed E-state index contributed by atoms with van der Waals surface area (Å²) in [7, 11) is 0. The van der Waals surface area contributed by atoms with Crippen molar-refractivity contribution in [3.8, 4) is 17.0 Å². The number of likely N-dealkylation sites (tertiary alicyclic amines) is 1. The lowest BCUT2D eigenvalue weighted by atomic mass is 9.92. The molecule has 4 rings (SSSR count). The van der Waals surface area contributed by atoms with E-state index < -0.39 is 0 Å². The zero-order valence-corrected chi connectivity index (χ0v) is 15.0. The van der Waals surface area contributed by atoms with Gasteiger partial charge in [-0.1, -0.05) is 13.0 Å². The zero-order chi connectivity index (χ0) is 17.4. The molecule has 25 heavy (non-hydrogen) atoms. The quantitative estimate of drug-likeness (QED) is 0.932. The molecule has 0 bridgehead atoms. The van der Waals surface area contributed by atoms with Crippen LogP contribution in [0.5, 0.6) is 5.75 Å². The zero-order valence-electron chi connectivity index (χ0n) is 15.0. The van der Waals surface area contributed by atoms with Crippen molar-refractivity contribution in [3.63, 3.8) is 0 Å². The third kappa shape index (κ3) is 3.09. The summed E-state index contributed by atoms with van der Waals surface area (Å²) in [5.41, 5.74) is 2.49. The molecule has 0 aliphatic carbocycles. The summed E-state index contributed by atoms with van der Waals surface area (Å²) in [6.45, 7) is 8.74. The molecule has 1 N–H and O–H groups in total. The number of aromatic nitrogens is 2. The van der Waals surface area contributed by atoms with Gasteiger partial charge in [0.2, 0.25) is 0 Å². The van der Waals surface area contributed by atoms with Gasteiger partial charge in [0.25, 0.3) is 0 Å². The normalized spacial score (nSPS) is 23.7. The van der Waals surface area contributed by atoms with Crippen LogP contribution in [0.1, 0.15) is 25.3 Å². The molecule has 1 aromatic heterocycles. The van der Waals surface area contributed by atoms with Crippen molar-refractivity contribution in [1.29, 1.82) is 0 Å². The van der Waals surface area contributed by atoms with Crippen LogP contribution in [-0.2, 0) is 0 Å². The maximum Gasteiger partial charge on any atom is 0.151 e. The van der Waals surface area contributed by atoms with E-state index in [1.165, 1.54) is 19.4 Å². The molecular formula is C20H26N4O. The first kappa shape index (κ1) is 16.3. The Hall–Kier alpha value is -2.14. The van der Waals surface area contributed by atoms with Crippen LogP contribution in [0.15, 0.2) is 30.3 Å². The van der Waals surface area contributed by atoms with E-state index in [-0.39, 0.29) is 5.75 Å². The lowest BCUT2D eigenvalue weighted by Crippen LogP contribution is -2.48. The van der Waals surface area contributed by atoms with E-state index in [0.717, 1.165) is 48.2 Å². The number of benzene rings is 1. The van der Waals surface area contributed by atoms with Crippen LogP contribution >= 0.6 is 0 Å². The molecule has 132 valence electrons. The first-order valence-corrected chi connectivity index (χ1v) is 9.28. The van der Waals surface area contributed by atoms with E-state index in [2.05, 4.69) is 33.0 Å². The van der Waals surface area contributed by atoms with Crippen molar-refractivity contribution in [3.05, 3.63) is 35.9 Å². The topological polar surface area (TPSA) is 52.5 Å². The van der Waals surface area contributed by atoms with E-state index in [0.29, 0.717) is 6.04 Å². The van der Waals surface area contributed by atoms with Crippen molar-refractivity contribution in [1.82, 2.24) is 15.1 Å². The Morgan fingerprint density at radius 1 is 1.12 bits per heavy atom. The molecule has 2 fully saturated rings. The third-order valence-corrected chi connectivity index (χ3v) is 5.77. The highest BCUT2D eigenvalue weighted by atomic mass is 16.3. The number of phenolic OH excluding ortho intramolecular Hbond substituents is 1. The number of piperidine rings is 1. The van der Waals surface area contributed by atoms with Crippen molar-refractivity contribution < 1.29 is 5.11 Å². The minimum Gasteiger partial charge on any atom is -0.507 e. The maximum atomic E-state index is 10.2. The van der Waals surface area contributed by atoms with Gasteiger partial charge in [0.1, 0.15) is 5.75 Å². The highest BCUT2D eigenvalue weighted by molar-refractivity contribution is 5.67. The predicted octanol–water partition coefficient (Wildman–Crippen LogP) is 3.08. The second-order valence-electron chi connectivity index (χ2n) is 7.29. The second-order valence-corrected chi connectivity index (χ2v) is 7.29. The fraction of sp³-hybridized carbons (Fsp3) is 0.500. The van der Waals surface area contributed by atoms with Crippen molar-refractivity contribution in [2.24, 2.45) is 5.92 Å². The van der Waals surface area contributed by atoms with Crippen molar-refractivity contribution in [2.45, 2.75) is 32.7 Å². The van der Waals surface area contributed by atoms with Crippen LogP contribution in [0.3, 0.4) is 0 Å². The van der Waals surface area contributed by atoms with Crippen LogP contribution in [0.4, 0.5) is 5.82 Å². The largest absolute Gasteiger partial charge is 0.507 e. The lowest BCUT2D eigenvalue weighted by Gasteiger charge is -2.38. The first-order chi connectivity index (χ1) is 12.2. The van der Waals surface area contributed by atoms with Crippen LogP contribution in [0.2, 0.25) is 0 Å². The van der Waals surface area contributed by atoms with Crippen LogP contribution in [-0.4, -0.2) is 52.4 Å². The van der Waals surface area contributed by atoms with Gasteiger partial charge in [0, 0.05) is 24.7 Å². The molecule has 2 saturated heterocycles. The average molecular weight is 338 g/mol. The monoisotopic (exact) mass is 338 g/mol. The Balaban J connectivity index is 1.56. The van der Waals surface area contributed by atoms with Gasteiger partial charge >= 0.3 is 0 Å². The fourth-order valence-electron chi connectivity index (χ4n) is 4.26. The van der Waals surface area contributed by atoms with E-state index >= 15 is 0 Å². The number of aryl methyl sites for hydroxylation is 1. The second kappa shape index (κ2) is 6.64. The van der Waals surface area contributed by atoms with Gasteiger partial charge < -0.3 is 14.9 Å². The number of anilines is 1. The van der Waals surface area contributed by atoms with E-state index in [4.69, 9.17) is 0 Å². The number of fused-ring (bicyclic) bond motifs is 1. The third-order valence-electron chi connectivity index (χ3n) is 5.77. The van der Waals surface area contributed by atoms with Crippen LogP contribution in [0.25, 0.3) is 11.3 Å². The number of likely N-dealkylation sites (N-methyl/N-ethyl adjacent to an activating group) is 1. The Morgan fingerprint density at radius 2 is 1.96 bits per heavy atom. The van der Waals surface area contributed by atoms with E-state index in [1.54, 1.807) is 6.07 Å². The molecule has 1 aromatic carbocycles. The predicted molar refractivity (Wildman–Crippen MR) is 99.8 cm³/mol. The lowest BCUT2D eigenvalue weighted by molar-refractivity contribution is 0.182. The Labute approximate surface area is 149 Å². The minimum atomic E-state index is 0.258. The number of hydrogen-bond donors (Lipinski definition) is 1. The van der Waals surface area contributed by atoms with Gasteiger partial charge in [-0.25, -0.2) is 0 Å². The first-order valence-electron chi connectivity index (χ1n) is 9.28. The number of rotatable bonds is 3. The summed E-state index contributed by atoms with van der Waals surface area (Å²) >= 11 is 0. The molecule has 0 radical (unpaired) electrons. The van der Waals surface area contributed by atoms with Gasteiger partial charge in [0.05, 0.1) is 5.69 Å². The summed E-state index contributed by atoms with van der Waals surface area (Å²) < 4.78 is 0. The molecule has 3 heterocycles. The summed E-state index contributed by atoms with van der Waals surface area (Å²) in [6.07, 6.45) is 2.54. The molecule has 2 atom stereocenters. The molecule has 0 unspecified atom stereocenters. The Kier molecular flexibility index (Phi) is 4.34. The molecule has 5 nitrogen and oxygen atoms in total. The molecule has 2 aliphatic rings. The van der Waals surface area contributed by atoms with Gasteiger partial charge in [-0.15, -0.1) is 10.2 Å². The van der Waals surface area contributed by atoms with Crippen molar-refractivity contribution >= 4 is 5.82 Å². The molecule has 0 saturated carbocycles. The SMILES string of the molecule is CCN1CC[C@H]2CCN(c3ccc(-c4ccc(C)cc4O)nn3)[C@H]2C1. The Morgan fingerprint density at radius 3 is 2.68 bits per heavy atom. The number of hydrogen-bond acceptors (Lipinski definition) is 5. The number of nitrogens with zero attached hydrogens (tertiary/aromatic N) is 4. The van der Waals surface area contributed by atoms with Crippen LogP contribution < -0.4 is 4.90 Å². The molecular weight excluding hydrogens is 312 g/mol. The van der Waals surface area contributed by atoms with E-state index in [9.17, 15) is 5.11 Å². The molecule has 2 aliphatic heterocycles. The summed E-state index contributed by atoms with van der Waals surface area (Å²) in [5.74, 6) is 2.00. The summed E-state index contributed by atoms with van der Waals surface area (Å²) in [6, 6.07) is 10.2. The highest BCUT2D eigenvalue weighted by Gasteiger charge is 2.38. The average Bonchev–Trinajstić information content (AvgIpc) is 3.05. The van der Waals surface area contributed by atoms with E-state index in [1.807, 2.05) is 25.1 Å². The van der Waals surface area contributed by atoms with Crippen LogP contribution in [0, 0.1) is 12.8 Å². The summed E-state index contributed by atoms with van der Waals surface area (Å²) in [5, 5.41) is 19.0. The molecule has 0 amide bonds. The van der Waals surface area contributed by atoms with Gasteiger partial charge in [-0.3, -0.25) is 0 Å². The molecule has 2 aromatic rings. The standard InChI is InChI=1S/C20H26N4O/c1-3-23-10-8-15-9-11-24(18(15)13-23)20-7-6-17(21-22-20)16-5-4-14(2)12-19(16)25/h4-7,12,15,18,25H,3,8-11,13H2,1-2H3/t15-,18-/m0/s1. The van der Waals surface area contributed by atoms with Gasteiger partial charge in [0.15, 0.2) is 5.82 Å². The minimum absolute atomic E-state index is 0.258. The fourth-order valence-corrected chi connectivity index (χ4v) is 4.26. The smallest absolute Gasteiger partial charge is 0.151 e.